The highest BCUT2D eigenvalue weighted by molar-refractivity contribution is 6.17. The van der Waals surface area contributed by atoms with Crippen LogP contribution in [0, 0.1) is 5.41 Å². The number of carbonyl (C=O) groups excluding carboxylic acids is 1. The summed E-state index contributed by atoms with van der Waals surface area (Å²) in [5, 5.41) is 2.97. The molecular formula is C14H22ClNO2. The summed E-state index contributed by atoms with van der Waals surface area (Å²) >= 11 is 5.69. The Hall–Kier alpha value is -0.960. The first-order valence-corrected chi connectivity index (χ1v) is 6.94. The molecule has 1 aromatic rings. The molecule has 1 amide bonds. The van der Waals surface area contributed by atoms with E-state index >= 15 is 0 Å². The maximum Gasteiger partial charge on any atom is 0.254 e. The number of aryl methyl sites for hydroxylation is 1. The summed E-state index contributed by atoms with van der Waals surface area (Å²) < 4.78 is 5.25. The van der Waals surface area contributed by atoms with Gasteiger partial charge in [-0.25, -0.2) is 0 Å². The fourth-order valence-electron chi connectivity index (χ4n) is 1.87. The van der Waals surface area contributed by atoms with E-state index in [1.54, 1.807) is 12.3 Å². The van der Waals surface area contributed by atoms with Gasteiger partial charge in [0.2, 0.25) is 0 Å². The first kappa shape index (κ1) is 15.1. The van der Waals surface area contributed by atoms with E-state index in [4.69, 9.17) is 16.0 Å². The van der Waals surface area contributed by atoms with Gasteiger partial charge in [0.15, 0.2) is 0 Å². The molecule has 0 aromatic carbocycles. The van der Waals surface area contributed by atoms with Gasteiger partial charge in [0.05, 0.1) is 11.8 Å². The lowest BCUT2D eigenvalue weighted by molar-refractivity contribution is 0.0932. The van der Waals surface area contributed by atoms with Gasteiger partial charge in [-0.1, -0.05) is 20.8 Å². The molecule has 102 valence electrons. The zero-order valence-electron chi connectivity index (χ0n) is 11.4. The largest absolute Gasteiger partial charge is 0.469 e. The monoisotopic (exact) mass is 271 g/mol. The van der Waals surface area contributed by atoms with E-state index in [0.717, 1.165) is 25.0 Å². The van der Waals surface area contributed by atoms with E-state index in [1.165, 1.54) is 0 Å². The van der Waals surface area contributed by atoms with E-state index < -0.39 is 0 Å². The number of hydrogen-bond donors (Lipinski definition) is 1. The number of amides is 1. The van der Waals surface area contributed by atoms with Crippen molar-refractivity contribution in [1.29, 1.82) is 0 Å². The normalized spacial score (nSPS) is 11.6. The number of carbonyl (C=O) groups is 1. The van der Waals surface area contributed by atoms with E-state index in [0.29, 0.717) is 18.0 Å². The summed E-state index contributed by atoms with van der Waals surface area (Å²) in [6, 6.07) is 1.72. The maximum absolute atomic E-state index is 12.0. The van der Waals surface area contributed by atoms with Crippen LogP contribution in [0.5, 0.6) is 0 Å². The molecule has 1 rings (SSSR count). The van der Waals surface area contributed by atoms with Crippen molar-refractivity contribution in [3.8, 4) is 0 Å². The third kappa shape index (κ3) is 4.37. The molecule has 0 aliphatic carbocycles. The zero-order valence-corrected chi connectivity index (χ0v) is 12.1. The van der Waals surface area contributed by atoms with Crippen LogP contribution in [-0.2, 0) is 6.42 Å². The lowest BCUT2D eigenvalue weighted by Gasteiger charge is -2.24. The number of nitrogens with one attached hydrogen (secondary N) is 1. The molecule has 0 saturated carbocycles. The van der Waals surface area contributed by atoms with Gasteiger partial charge in [-0.05, 0) is 24.3 Å². The molecule has 1 heterocycles. The molecule has 0 atom stereocenters. The fourth-order valence-corrected chi connectivity index (χ4v) is 2.00. The van der Waals surface area contributed by atoms with Crippen LogP contribution in [0.3, 0.4) is 0 Å². The van der Waals surface area contributed by atoms with E-state index in [9.17, 15) is 4.79 Å². The van der Waals surface area contributed by atoms with Crippen molar-refractivity contribution in [3.05, 3.63) is 23.7 Å². The lowest BCUT2D eigenvalue weighted by atomic mass is 9.88. The van der Waals surface area contributed by atoms with Gasteiger partial charge < -0.3 is 9.73 Å². The Bertz CT molecular complexity index is 385. The quantitative estimate of drug-likeness (QED) is 0.770. The molecule has 0 spiro atoms. The number of halogens is 1. The van der Waals surface area contributed by atoms with Crippen molar-refractivity contribution >= 4 is 17.5 Å². The van der Waals surface area contributed by atoms with Crippen LogP contribution in [0.2, 0.25) is 0 Å². The Morgan fingerprint density at radius 2 is 2.22 bits per heavy atom. The molecule has 0 fully saturated rings. The van der Waals surface area contributed by atoms with Crippen LogP contribution < -0.4 is 5.32 Å². The molecule has 1 N–H and O–H groups in total. The first-order chi connectivity index (χ1) is 8.50. The summed E-state index contributed by atoms with van der Waals surface area (Å²) in [7, 11) is 0. The van der Waals surface area contributed by atoms with Gasteiger partial charge in [-0.3, -0.25) is 4.79 Å². The highest BCUT2D eigenvalue weighted by Gasteiger charge is 2.20. The predicted molar refractivity (Wildman–Crippen MR) is 74.2 cm³/mol. The van der Waals surface area contributed by atoms with Crippen molar-refractivity contribution in [2.45, 2.75) is 40.0 Å². The molecule has 0 radical (unpaired) electrons. The van der Waals surface area contributed by atoms with Gasteiger partial charge in [0.1, 0.15) is 5.76 Å². The average Bonchev–Trinajstić information content (AvgIpc) is 2.82. The van der Waals surface area contributed by atoms with Gasteiger partial charge >= 0.3 is 0 Å². The van der Waals surface area contributed by atoms with Crippen molar-refractivity contribution in [3.63, 3.8) is 0 Å². The standard InChI is InChI=1S/C14H22ClNO2/c1-4-12-11(6-9-18-12)13(17)16-10-14(2,3)7-5-8-15/h6,9H,4-5,7-8,10H2,1-3H3,(H,16,17). The number of rotatable bonds is 7. The summed E-state index contributed by atoms with van der Waals surface area (Å²) in [6.07, 6.45) is 4.26. The molecule has 4 heteroatoms. The van der Waals surface area contributed by atoms with Crippen molar-refractivity contribution in [1.82, 2.24) is 5.32 Å². The molecule has 0 aliphatic rings. The van der Waals surface area contributed by atoms with Crippen LogP contribution >= 0.6 is 11.6 Å². The summed E-state index contributed by atoms with van der Waals surface area (Å²) in [5.41, 5.74) is 0.714. The van der Waals surface area contributed by atoms with Crippen molar-refractivity contribution < 1.29 is 9.21 Å². The van der Waals surface area contributed by atoms with Crippen molar-refractivity contribution in [2.24, 2.45) is 5.41 Å². The Morgan fingerprint density at radius 1 is 1.50 bits per heavy atom. The fraction of sp³-hybridized carbons (Fsp3) is 0.643. The van der Waals surface area contributed by atoms with Crippen LogP contribution in [0.4, 0.5) is 0 Å². The van der Waals surface area contributed by atoms with Crippen LogP contribution in [-0.4, -0.2) is 18.3 Å². The molecule has 0 bridgehead atoms. The number of hydrogen-bond acceptors (Lipinski definition) is 2. The highest BCUT2D eigenvalue weighted by Crippen LogP contribution is 2.21. The summed E-state index contributed by atoms with van der Waals surface area (Å²) in [4.78, 5) is 12.0. The second-order valence-corrected chi connectivity index (χ2v) is 5.63. The zero-order chi connectivity index (χ0) is 13.6. The lowest BCUT2D eigenvalue weighted by Crippen LogP contribution is -2.34. The summed E-state index contributed by atoms with van der Waals surface area (Å²) in [5.74, 6) is 1.35. The third-order valence-electron chi connectivity index (χ3n) is 3.03. The van der Waals surface area contributed by atoms with Gasteiger partial charge in [0, 0.05) is 18.8 Å². The highest BCUT2D eigenvalue weighted by atomic mass is 35.5. The molecule has 3 nitrogen and oxygen atoms in total. The topological polar surface area (TPSA) is 42.2 Å². The minimum atomic E-state index is -0.0560. The second-order valence-electron chi connectivity index (χ2n) is 5.25. The molecular weight excluding hydrogens is 250 g/mol. The molecule has 0 aliphatic heterocycles. The Kier molecular flexibility index (Phi) is 5.73. The SMILES string of the molecule is CCc1occc1C(=O)NCC(C)(C)CCCCl. The van der Waals surface area contributed by atoms with Gasteiger partial charge in [-0.15, -0.1) is 11.6 Å². The molecule has 18 heavy (non-hydrogen) atoms. The Labute approximate surface area is 114 Å². The average molecular weight is 272 g/mol. The van der Waals surface area contributed by atoms with E-state index in [2.05, 4.69) is 19.2 Å². The predicted octanol–water partition coefficient (Wildman–Crippen LogP) is 3.62. The maximum atomic E-state index is 12.0. The second kappa shape index (κ2) is 6.83. The Balaban J connectivity index is 2.51. The molecule has 1 aromatic heterocycles. The first-order valence-electron chi connectivity index (χ1n) is 6.40. The molecule has 0 unspecified atom stereocenters. The number of furan rings is 1. The minimum Gasteiger partial charge on any atom is -0.469 e. The molecule has 0 saturated heterocycles. The van der Waals surface area contributed by atoms with E-state index in [1.807, 2.05) is 6.92 Å². The Morgan fingerprint density at radius 3 is 2.83 bits per heavy atom. The van der Waals surface area contributed by atoms with Crippen molar-refractivity contribution in [2.75, 3.05) is 12.4 Å². The smallest absolute Gasteiger partial charge is 0.254 e. The van der Waals surface area contributed by atoms with Gasteiger partial charge in [-0.2, -0.15) is 0 Å². The van der Waals surface area contributed by atoms with Gasteiger partial charge in [0.25, 0.3) is 5.91 Å². The minimum absolute atomic E-state index is 0.0560. The van der Waals surface area contributed by atoms with Crippen LogP contribution in [0.15, 0.2) is 16.7 Å². The third-order valence-corrected chi connectivity index (χ3v) is 3.29. The van der Waals surface area contributed by atoms with Crippen LogP contribution in [0.25, 0.3) is 0 Å². The van der Waals surface area contributed by atoms with E-state index in [-0.39, 0.29) is 11.3 Å². The summed E-state index contributed by atoms with van der Waals surface area (Å²) in [6.45, 7) is 6.89. The number of alkyl halides is 1. The van der Waals surface area contributed by atoms with Crippen LogP contribution in [0.1, 0.15) is 49.7 Å².